The molecule has 152 valence electrons. The summed E-state index contributed by atoms with van der Waals surface area (Å²) in [6.45, 7) is 5.16. The molecule has 3 rings (SSSR count). The lowest BCUT2D eigenvalue weighted by atomic mass is 10.2. The average Bonchev–Trinajstić information content (AvgIpc) is 3.02. The number of anilines is 1. The van der Waals surface area contributed by atoms with Crippen LogP contribution in [-0.4, -0.2) is 28.0 Å². The first kappa shape index (κ1) is 21.3. The Balaban J connectivity index is 1.96. The molecular formula is C19H17Cl2N3O4S. The second-order valence-corrected chi connectivity index (χ2v) is 8.05. The van der Waals surface area contributed by atoms with E-state index >= 15 is 0 Å². The molecular weight excluding hydrogens is 437 g/mol. The van der Waals surface area contributed by atoms with E-state index in [9.17, 15) is 14.4 Å². The quantitative estimate of drug-likeness (QED) is 0.576. The standard InChI is InChI=1S/C19H17Cl2N3O4S/c1-4-28-19(27)15-9(2)14-17(29-15)22-8-24(18(14)26)10(3)16(25)23-13-7-11(20)5-6-12(13)21/h5-8,10H,4H2,1-3H3,(H,23,25). The molecule has 1 atom stereocenters. The van der Waals surface area contributed by atoms with Crippen LogP contribution in [0.2, 0.25) is 10.0 Å². The van der Waals surface area contributed by atoms with Crippen molar-refractivity contribution >= 4 is 62.3 Å². The van der Waals surface area contributed by atoms with E-state index in [1.54, 1.807) is 32.9 Å². The Kier molecular flexibility index (Phi) is 6.26. The first-order valence-electron chi connectivity index (χ1n) is 8.67. The van der Waals surface area contributed by atoms with E-state index in [1.807, 2.05) is 0 Å². The minimum absolute atomic E-state index is 0.230. The molecule has 10 heteroatoms. The molecule has 0 aliphatic carbocycles. The van der Waals surface area contributed by atoms with Crippen molar-refractivity contribution in [3.63, 3.8) is 0 Å². The first-order valence-corrected chi connectivity index (χ1v) is 10.2. The molecule has 0 radical (unpaired) electrons. The third-order valence-corrected chi connectivity index (χ3v) is 6.06. The summed E-state index contributed by atoms with van der Waals surface area (Å²) in [7, 11) is 0. The number of fused-ring (bicyclic) bond motifs is 1. The average molecular weight is 454 g/mol. The fourth-order valence-electron chi connectivity index (χ4n) is 2.76. The third kappa shape index (κ3) is 4.14. The second-order valence-electron chi connectivity index (χ2n) is 6.20. The number of esters is 1. The predicted octanol–water partition coefficient (Wildman–Crippen LogP) is 4.45. The van der Waals surface area contributed by atoms with E-state index in [0.29, 0.717) is 36.4 Å². The number of carbonyl (C=O) groups excluding carboxylic acids is 2. The number of halogens is 2. The lowest BCUT2D eigenvalue weighted by Crippen LogP contribution is -2.31. The van der Waals surface area contributed by atoms with Gasteiger partial charge in [-0.2, -0.15) is 0 Å². The summed E-state index contributed by atoms with van der Waals surface area (Å²) in [5.74, 6) is -0.962. The van der Waals surface area contributed by atoms with Crippen LogP contribution in [0.4, 0.5) is 5.69 Å². The van der Waals surface area contributed by atoms with Crippen LogP contribution in [0.1, 0.15) is 35.1 Å². The zero-order valence-corrected chi connectivity index (χ0v) is 18.1. The minimum atomic E-state index is -0.875. The highest BCUT2D eigenvalue weighted by Crippen LogP contribution is 2.29. The molecule has 0 saturated heterocycles. The van der Waals surface area contributed by atoms with Crippen LogP contribution in [-0.2, 0) is 9.53 Å². The highest BCUT2D eigenvalue weighted by atomic mass is 35.5. The van der Waals surface area contributed by atoms with Crippen molar-refractivity contribution in [1.29, 1.82) is 0 Å². The summed E-state index contributed by atoms with van der Waals surface area (Å²) in [5, 5.41) is 3.70. The molecule has 1 N–H and O–H groups in total. The van der Waals surface area contributed by atoms with Crippen LogP contribution in [0.25, 0.3) is 10.2 Å². The largest absolute Gasteiger partial charge is 0.462 e. The van der Waals surface area contributed by atoms with Gasteiger partial charge < -0.3 is 10.1 Å². The molecule has 0 aliphatic rings. The molecule has 7 nitrogen and oxygen atoms in total. The van der Waals surface area contributed by atoms with Crippen LogP contribution in [0.3, 0.4) is 0 Å². The third-order valence-electron chi connectivity index (χ3n) is 4.32. The van der Waals surface area contributed by atoms with Crippen molar-refractivity contribution in [2.75, 3.05) is 11.9 Å². The van der Waals surface area contributed by atoms with Gasteiger partial charge in [0.25, 0.3) is 5.56 Å². The van der Waals surface area contributed by atoms with Gasteiger partial charge in [-0.25, -0.2) is 9.78 Å². The maximum atomic E-state index is 13.0. The zero-order valence-electron chi connectivity index (χ0n) is 15.8. The number of nitrogens with zero attached hydrogens (tertiary/aromatic N) is 2. The van der Waals surface area contributed by atoms with Gasteiger partial charge in [-0.1, -0.05) is 23.2 Å². The van der Waals surface area contributed by atoms with Gasteiger partial charge in [0.15, 0.2) is 0 Å². The van der Waals surface area contributed by atoms with Gasteiger partial charge in [-0.05, 0) is 44.5 Å². The minimum Gasteiger partial charge on any atom is -0.462 e. The summed E-state index contributed by atoms with van der Waals surface area (Å²) >= 11 is 13.1. The molecule has 1 amide bonds. The summed E-state index contributed by atoms with van der Waals surface area (Å²) in [5.41, 5.74) is 0.411. The Morgan fingerprint density at radius 3 is 2.76 bits per heavy atom. The van der Waals surface area contributed by atoms with Crippen molar-refractivity contribution in [1.82, 2.24) is 9.55 Å². The molecule has 0 saturated carbocycles. The van der Waals surface area contributed by atoms with Crippen molar-refractivity contribution < 1.29 is 14.3 Å². The second kappa shape index (κ2) is 8.52. The van der Waals surface area contributed by atoms with Crippen LogP contribution in [0.5, 0.6) is 0 Å². The SMILES string of the molecule is CCOC(=O)c1sc2ncn(C(C)C(=O)Nc3cc(Cl)ccc3Cl)c(=O)c2c1C. The number of nitrogens with one attached hydrogen (secondary N) is 1. The molecule has 0 fully saturated rings. The van der Waals surface area contributed by atoms with Crippen LogP contribution in [0.15, 0.2) is 29.3 Å². The summed E-state index contributed by atoms with van der Waals surface area (Å²) in [6.07, 6.45) is 1.29. The van der Waals surface area contributed by atoms with Gasteiger partial charge in [-0.3, -0.25) is 14.2 Å². The number of aromatic nitrogens is 2. The van der Waals surface area contributed by atoms with Gasteiger partial charge in [0.1, 0.15) is 15.7 Å². The summed E-state index contributed by atoms with van der Waals surface area (Å²) < 4.78 is 6.24. The van der Waals surface area contributed by atoms with E-state index in [4.69, 9.17) is 27.9 Å². The fraction of sp³-hybridized carbons (Fsp3) is 0.263. The highest BCUT2D eigenvalue weighted by molar-refractivity contribution is 7.20. The monoisotopic (exact) mass is 453 g/mol. The van der Waals surface area contributed by atoms with E-state index < -0.39 is 23.5 Å². The number of thiophene rings is 1. The van der Waals surface area contributed by atoms with E-state index in [-0.39, 0.29) is 6.61 Å². The van der Waals surface area contributed by atoms with Gasteiger partial charge in [-0.15, -0.1) is 11.3 Å². The van der Waals surface area contributed by atoms with Crippen LogP contribution < -0.4 is 10.9 Å². The van der Waals surface area contributed by atoms with E-state index in [0.717, 1.165) is 11.3 Å². The normalized spacial score (nSPS) is 12.0. The van der Waals surface area contributed by atoms with E-state index in [1.165, 1.54) is 17.0 Å². The number of hydrogen-bond donors (Lipinski definition) is 1. The highest BCUT2D eigenvalue weighted by Gasteiger charge is 2.23. The summed E-state index contributed by atoms with van der Waals surface area (Å²) in [6, 6.07) is 3.81. The first-order chi connectivity index (χ1) is 13.7. The number of aryl methyl sites for hydroxylation is 1. The lowest BCUT2D eigenvalue weighted by Gasteiger charge is -2.15. The van der Waals surface area contributed by atoms with Crippen molar-refractivity contribution in [2.24, 2.45) is 0 Å². The molecule has 0 aliphatic heterocycles. The fourth-order valence-corrected chi connectivity index (χ4v) is 4.13. The Morgan fingerprint density at radius 2 is 2.07 bits per heavy atom. The number of carbonyl (C=O) groups is 2. The lowest BCUT2D eigenvalue weighted by molar-refractivity contribution is -0.118. The molecule has 1 unspecified atom stereocenters. The zero-order chi connectivity index (χ0) is 21.3. The topological polar surface area (TPSA) is 90.3 Å². The molecule has 29 heavy (non-hydrogen) atoms. The Hall–Kier alpha value is -2.42. The summed E-state index contributed by atoms with van der Waals surface area (Å²) in [4.78, 5) is 42.8. The maximum Gasteiger partial charge on any atom is 0.348 e. The van der Waals surface area contributed by atoms with Gasteiger partial charge >= 0.3 is 5.97 Å². The number of benzene rings is 1. The van der Waals surface area contributed by atoms with Gasteiger partial charge in [0, 0.05) is 5.02 Å². The van der Waals surface area contributed by atoms with Crippen molar-refractivity contribution in [2.45, 2.75) is 26.8 Å². The van der Waals surface area contributed by atoms with E-state index in [2.05, 4.69) is 10.3 Å². The number of ether oxygens (including phenoxy) is 1. The van der Waals surface area contributed by atoms with Crippen molar-refractivity contribution in [3.8, 4) is 0 Å². The van der Waals surface area contributed by atoms with Crippen LogP contribution >= 0.6 is 34.5 Å². The molecule has 2 heterocycles. The number of rotatable bonds is 5. The van der Waals surface area contributed by atoms with Crippen LogP contribution in [0, 0.1) is 6.92 Å². The molecule has 1 aromatic carbocycles. The molecule has 0 spiro atoms. The Morgan fingerprint density at radius 1 is 1.34 bits per heavy atom. The smallest absolute Gasteiger partial charge is 0.348 e. The number of hydrogen-bond acceptors (Lipinski definition) is 6. The maximum absolute atomic E-state index is 13.0. The van der Waals surface area contributed by atoms with Gasteiger partial charge in [0.05, 0.1) is 29.0 Å². The Bertz CT molecular complexity index is 1170. The molecule has 0 bridgehead atoms. The van der Waals surface area contributed by atoms with Gasteiger partial charge in [0.2, 0.25) is 5.91 Å². The van der Waals surface area contributed by atoms with Crippen molar-refractivity contribution in [3.05, 3.63) is 55.4 Å². The Labute approximate surface area is 180 Å². The molecule has 3 aromatic rings. The number of amides is 1. The predicted molar refractivity (Wildman–Crippen MR) is 114 cm³/mol. The molecule has 2 aromatic heterocycles.